The van der Waals surface area contributed by atoms with Crippen LogP contribution in [0.1, 0.15) is 23.8 Å². The lowest BCUT2D eigenvalue weighted by Gasteiger charge is -2.13. The molecule has 1 fully saturated rings. The summed E-state index contributed by atoms with van der Waals surface area (Å²) in [5.41, 5.74) is 5.76. The molecular formula is C11H15NO3S. The number of hydrogen-bond donors (Lipinski definition) is 1. The lowest BCUT2D eigenvalue weighted by atomic mass is 10.2. The topological polar surface area (TPSA) is 61.6 Å². The summed E-state index contributed by atoms with van der Waals surface area (Å²) in [5, 5.41) is 1.89. The van der Waals surface area contributed by atoms with E-state index in [1.165, 1.54) is 11.3 Å². The van der Waals surface area contributed by atoms with Gasteiger partial charge in [-0.15, -0.1) is 11.3 Å². The molecule has 1 saturated heterocycles. The van der Waals surface area contributed by atoms with E-state index in [0.29, 0.717) is 6.61 Å². The Morgan fingerprint density at radius 2 is 2.62 bits per heavy atom. The van der Waals surface area contributed by atoms with Crippen LogP contribution in [0.25, 0.3) is 0 Å². The van der Waals surface area contributed by atoms with Crippen LogP contribution in [0.2, 0.25) is 0 Å². The zero-order valence-corrected chi connectivity index (χ0v) is 9.74. The van der Waals surface area contributed by atoms with Gasteiger partial charge in [-0.1, -0.05) is 6.07 Å². The van der Waals surface area contributed by atoms with E-state index in [1.807, 2.05) is 17.5 Å². The summed E-state index contributed by atoms with van der Waals surface area (Å²) in [5.74, 6) is -0.377. The van der Waals surface area contributed by atoms with E-state index >= 15 is 0 Å². The molecule has 2 heterocycles. The Bertz CT molecular complexity index is 333. The fourth-order valence-corrected chi connectivity index (χ4v) is 2.34. The molecule has 0 amide bonds. The van der Waals surface area contributed by atoms with Crippen LogP contribution >= 0.6 is 11.3 Å². The fourth-order valence-electron chi connectivity index (χ4n) is 1.63. The third kappa shape index (κ3) is 2.81. The van der Waals surface area contributed by atoms with Crippen LogP contribution in [0, 0.1) is 0 Å². The summed E-state index contributed by atoms with van der Waals surface area (Å²) in [6.07, 6.45) is 2.06. The summed E-state index contributed by atoms with van der Waals surface area (Å²) >= 11 is 1.46. The van der Waals surface area contributed by atoms with Gasteiger partial charge < -0.3 is 15.2 Å². The summed E-state index contributed by atoms with van der Waals surface area (Å²) in [7, 11) is 0. The first kappa shape index (κ1) is 11.6. The van der Waals surface area contributed by atoms with Crippen molar-refractivity contribution in [2.75, 3.05) is 13.2 Å². The van der Waals surface area contributed by atoms with Crippen LogP contribution in [0.3, 0.4) is 0 Å². The van der Waals surface area contributed by atoms with Gasteiger partial charge in [0.1, 0.15) is 12.6 Å². The largest absolute Gasteiger partial charge is 0.461 e. The molecule has 0 radical (unpaired) electrons. The Morgan fingerprint density at radius 1 is 1.75 bits per heavy atom. The molecule has 88 valence electrons. The van der Waals surface area contributed by atoms with Crippen molar-refractivity contribution < 1.29 is 14.3 Å². The average Bonchev–Trinajstić information content (AvgIpc) is 2.96. The van der Waals surface area contributed by atoms with Crippen molar-refractivity contribution in [2.24, 2.45) is 5.73 Å². The number of thiophene rings is 1. The van der Waals surface area contributed by atoms with Gasteiger partial charge >= 0.3 is 5.97 Å². The van der Waals surface area contributed by atoms with Gasteiger partial charge in [0.15, 0.2) is 0 Å². The molecule has 0 aromatic carbocycles. The van der Waals surface area contributed by atoms with E-state index in [1.54, 1.807) is 0 Å². The molecule has 2 atom stereocenters. The molecule has 4 nitrogen and oxygen atoms in total. The molecule has 2 N–H and O–H groups in total. The smallest absolute Gasteiger partial charge is 0.328 e. The van der Waals surface area contributed by atoms with Gasteiger partial charge in [0.25, 0.3) is 0 Å². The van der Waals surface area contributed by atoms with Crippen LogP contribution in [0.4, 0.5) is 0 Å². The van der Waals surface area contributed by atoms with Crippen LogP contribution in [0.15, 0.2) is 17.5 Å². The van der Waals surface area contributed by atoms with Gasteiger partial charge in [0.2, 0.25) is 0 Å². The Kier molecular flexibility index (Phi) is 3.93. The molecule has 1 aliphatic rings. The fraction of sp³-hybridized carbons (Fsp3) is 0.545. The molecule has 1 aliphatic heterocycles. The second-order valence-electron chi connectivity index (χ2n) is 3.76. The van der Waals surface area contributed by atoms with Gasteiger partial charge in [-0.3, -0.25) is 0 Å². The van der Waals surface area contributed by atoms with Crippen LogP contribution in [0.5, 0.6) is 0 Å². The maximum Gasteiger partial charge on any atom is 0.328 e. The van der Waals surface area contributed by atoms with Crippen LogP contribution in [-0.2, 0) is 14.3 Å². The van der Waals surface area contributed by atoms with Gasteiger partial charge in [0.05, 0.1) is 6.10 Å². The molecule has 16 heavy (non-hydrogen) atoms. The van der Waals surface area contributed by atoms with E-state index in [0.717, 1.165) is 24.3 Å². The van der Waals surface area contributed by atoms with Crippen LogP contribution in [-0.4, -0.2) is 25.3 Å². The van der Waals surface area contributed by atoms with Gasteiger partial charge in [0, 0.05) is 11.5 Å². The lowest BCUT2D eigenvalue weighted by molar-refractivity contribution is -0.148. The minimum atomic E-state index is -0.665. The van der Waals surface area contributed by atoms with E-state index in [4.69, 9.17) is 15.2 Å². The third-order valence-corrected chi connectivity index (χ3v) is 3.49. The second kappa shape index (κ2) is 5.43. The SMILES string of the molecule is NC(C(=O)OCC1CCCO1)c1cccs1. The molecule has 1 aromatic rings. The Hall–Kier alpha value is -0.910. The minimum Gasteiger partial charge on any atom is -0.461 e. The third-order valence-electron chi connectivity index (χ3n) is 2.54. The Morgan fingerprint density at radius 3 is 3.25 bits per heavy atom. The Labute approximate surface area is 98.3 Å². The molecule has 1 aromatic heterocycles. The van der Waals surface area contributed by atoms with E-state index in [-0.39, 0.29) is 12.1 Å². The summed E-state index contributed by atoms with van der Waals surface area (Å²) < 4.78 is 10.5. The molecule has 0 saturated carbocycles. The highest BCUT2D eigenvalue weighted by atomic mass is 32.1. The van der Waals surface area contributed by atoms with Gasteiger partial charge in [-0.25, -0.2) is 4.79 Å². The molecule has 2 unspecified atom stereocenters. The standard InChI is InChI=1S/C11H15NO3S/c12-10(9-4-2-6-16-9)11(13)15-7-8-3-1-5-14-8/h2,4,6,8,10H,1,3,5,7,12H2. The van der Waals surface area contributed by atoms with Gasteiger partial charge in [-0.2, -0.15) is 0 Å². The zero-order valence-electron chi connectivity index (χ0n) is 8.93. The van der Waals surface area contributed by atoms with Gasteiger partial charge in [-0.05, 0) is 24.3 Å². The maximum atomic E-state index is 11.6. The number of ether oxygens (including phenoxy) is 2. The number of nitrogens with two attached hydrogens (primary N) is 1. The molecule has 0 bridgehead atoms. The predicted molar refractivity (Wildman–Crippen MR) is 61.2 cm³/mol. The quantitative estimate of drug-likeness (QED) is 0.811. The monoisotopic (exact) mass is 241 g/mol. The predicted octanol–water partition coefficient (Wildman–Crippen LogP) is 1.47. The number of carbonyl (C=O) groups excluding carboxylic acids is 1. The molecule has 0 spiro atoms. The number of carbonyl (C=O) groups is 1. The highest BCUT2D eigenvalue weighted by Gasteiger charge is 2.22. The van der Waals surface area contributed by atoms with E-state index in [2.05, 4.69) is 0 Å². The highest BCUT2D eigenvalue weighted by molar-refractivity contribution is 7.10. The maximum absolute atomic E-state index is 11.6. The summed E-state index contributed by atoms with van der Waals surface area (Å²) in [4.78, 5) is 12.4. The normalized spacial score (nSPS) is 21.9. The molecule has 2 rings (SSSR count). The zero-order chi connectivity index (χ0) is 11.4. The first-order valence-electron chi connectivity index (χ1n) is 5.34. The van der Waals surface area contributed by atoms with E-state index < -0.39 is 6.04 Å². The number of esters is 1. The van der Waals surface area contributed by atoms with Crippen molar-refractivity contribution >= 4 is 17.3 Å². The highest BCUT2D eigenvalue weighted by Crippen LogP contribution is 2.19. The number of hydrogen-bond acceptors (Lipinski definition) is 5. The minimum absolute atomic E-state index is 0.0551. The average molecular weight is 241 g/mol. The van der Waals surface area contributed by atoms with Crippen molar-refractivity contribution in [3.05, 3.63) is 22.4 Å². The number of rotatable bonds is 4. The van der Waals surface area contributed by atoms with Crippen LogP contribution < -0.4 is 5.73 Å². The van der Waals surface area contributed by atoms with E-state index in [9.17, 15) is 4.79 Å². The molecule has 0 aliphatic carbocycles. The van der Waals surface area contributed by atoms with Crippen molar-refractivity contribution in [1.29, 1.82) is 0 Å². The summed E-state index contributed by atoms with van der Waals surface area (Å²) in [6, 6.07) is 3.04. The molecular weight excluding hydrogens is 226 g/mol. The van der Waals surface area contributed by atoms with Crippen molar-refractivity contribution in [3.8, 4) is 0 Å². The summed E-state index contributed by atoms with van der Waals surface area (Å²) in [6.45, 7) is 1.08. The lowest BCUT2D eigenvalue weighted by Crippen LogP contribution is -2.26. The van der Waals surface area contributed by atoms with Crippen molar-refractivity contribution in [1.82, 2.24) is 0 Å². The van der Waals surface area contributed by atoms with Crippen molar-refractivity contribution in [2.45, 2.75) is 25.0 Å². The Balaban J connectivity index is 1.79. The second-order valence-corrected chi connectivity index (χ2v) is 4.74. The van der Waals surface area contributed by atoms with Crippen molar-refractivity contribution in [3.63, 3.8) is 0 Å². The first-order chi connectivity index (χ1) is 7.77. The molecule has 5 heteroatoms. The first-order valence-corrected chi connectivity index (χ1v) is 6.22.